The third-order valence-corrected chi connectivity index (χ3v) is 4.02. The van der Waals surface area contributed by atoms with Gasteiger partial charge in [0, 0.05) is 24.4 Å². The second-order valence-electron chi connectivity index (χ2n) is 5.02. The van der Waals surface area contributed by atoms with Crippen molar-refractivity contribution in [3.63, 3.8) is 0 Å². The summed E-state index contributed by atoms with van der Waals surface area (Å²) in [4.78, 5) is 4.48. The molecule has 0 spiro atoms. The Morgan fingerprint density at radius 1 is 1.38 bits per heavy atom. The average Bonchev–Trinajstić information content (AvgIpc) is 2.34. The lowest BCUT2D eigenvalue weighted by molar-refractivity contribution is 0.216. The zero-order valence-corrected chi connectivity index (χ0v) is 10.1. The van der Waals surface area contributed by atoms with E-state index >= 15 is 0 Å². The smallest absolute Gasteiger partial charge is 0.0449 e. The van der Waals surface area contributed by atoms with Gasteiger partial charge in [0.25, 0.3) is 0 Å². The summed E-state index contributed by atoms with van der Waals surface area (Å²) in [5, 5.41) is 0. The molecule has 3 unspecified atom stereocenters. The highest BCUT2D eigenvalue weighted by Gasteiger charge is 2.29. The Kier molecular flexibility index (Phi) is 3.94. The molecule has 2 rings (SSSR count). The molecular weight excluding hydrogens is 196 g/mol. The van der Waals surface area contributed by atoms with Gasteiger partial charge in [-0.15, -0.1) is 0 Å². The topological polar surface area (TPSA) is 38.9 Å². The summed E-state index contributed by atoms with van der Waals surface area (Å²) in [6.45, 7) is 3.10. The van der Waals surface area contributed by atoms with Gasteiger partial charge in [-0.1, -0.05) is 32.3 Å². The fourth-order valence-corrected chi connectivity index (χ4v) is 3.05. The molecule has 88 valence electrons. The first-order chi connectivity index (χ1) is 7.83. The van der Waals surface area contributed by atoms with E-state index in [4.69, 9.17) is 5.73 Å². The van der Waals surface area contributed by atoms with Gasteiger partial charge >= 0.3 is 0 Å². The van der Waals surface area contributed by atoms with Crippen LogP contribution in [0, 0.1) is 11.8 Å². The first kappa shape index (κ1) is 11.6. The van der Waals surface area contributed by atoms with Crippen molar-refractivity contribution >= 4 is 0 Å². The van der Waals surface area contributed by atoms with Gasteiger partial charge < -0.3 is 5.73 Å². The number of nitrogens with two attached hydrogens (primary N) is 1. The zero-order chi connectivity index (χ0) is 11.4. The van der Waals surface area contributed by atoms with Crippen molar-refractivity contribution in [1.29, 1.82) is 0 Å². The zero-order valence-electron chi connectivity index (χ0n) is 10.1. The van der Waals surface area contributed by atoms with Crippen LogP contribution in [-0.2, 0) is 0 Å². The van der Waals surface area contributed by atoms with Gasteiger partial charge in [0.05, 0.1) is 0 Å². The maximum absolute atomic E-state index is 5.96. The van der Waals surface area contributed by atoms with E-state index in [9.17, 15) is 0 Å². The van der Waals surface area contributed by atoms with Gasteiger partial charge in [-0.2, -0.15) is 0 Å². The van der Waals surface area contributed by atoms with Gasteiger partial charge in [0.15, 0.2) is 0 Å². The monoisotopic (exact) mass is 218 g/mol. The van der Waals surface area contributed by atoms with Gasteiger partial charge in [0.2, 0.25) is 0 Å². The molecule has 3 atom stereocenters. The molecule has 1 fully saturated rings. The number of hydrogen-bond acceptors (Lipinski definition) is 2. The molecule has 1 aliphatic carbocycles. The van der Waals surface area contributed by atoms with E-state index in [0.717, 1.165) is 18.4 Å². The predicted octanol–water partition coefficient (Wildman–Crippen LogP) is 2.95. The van der Waals surface area contributed by atoms with Gasteiger partial charge in [-0.25, -0.2) is 0 Å². The SMILES string of the molecule is CC1CCCCC1C(CN)c1ccccn1. The Balaban J connectivity index is 2.15. The second-order valence-corrected chi connectivity index (χ2v) is 5.02. The normalized spacial score (nSPS) is 27.6. The molecular formula is C14H22N2. The molecule has 1 heterocycles. The lowest BCUT2D eigenvalue weighted by Crippen LogP contribution is -2.29. The van der Waals surface area contributed by atoms with E-state index in [0.29, 0.717) is 5.92 Å². The number of hydrogen-bond donors (Lipinski definition) is 1. The minimum absolute atomic E-state index is 0.455. The minimum atomic E-state index is 0.455. The summed E-state index contributed by atoms with van der Waals surface area (Å²) >= 11 is 0. The van der Waals surface area contributed by atoms with Gasteiger partial charge in [-0.05, 0) is 30.4 Å². The Labute approximate surface area is 98.3 Å². The highest BCUT2D eigenvalue weighted by atomic mass is 14.7. The molecule has 0 amide bonds. The Morgan fingerprint density at radius 3 is 2.81 bits per heavy atom. The molecule has 0 saturated heterocycles. The van der Waals surface area contributed by atoms with Crippen LogP contribution >= 0.6 is 0 Å². The number of pyridine rings is 1. The van der Waals surface area contributed by atoms with E-state index in [1.54, 1.807) is 0 Å². The molecule has 0 aromatic carbocycles. The standard InChI is InChI=1S/C14H22N2/c1-11-6-2-3-7-12(11)13(10-15)14-8-4-5-9-16-14/h4-5,8-9,11-13H,2-3,6-7,10,15H2,1H3. The van der Waals surface area contributed by atoms with Crippen molar-refractivity contribution in [3.05, 3.63) is 30.1 Å². The van der Waals surface area contributed by atoms with E-state index in [1.165, 1.54) is 31.4 Å². The van der Waals surface area contributed by atoms with Crippen LogP contribution < -0.4 is 5.73 Å². The summed E-state index contributed by atoms with van der Waals surface area (Å²) in [7, 11) is 0. The van der Waals surface area contributed by atoms with E-state index in [2.05, 4.69) is 24.0 Å². The van der Waals surface area contributed by atoms with E-state index < -0.39 is 0 Å². The van der Waals surface area contributed by atoms with Crippen LogP contribution in [0.25, 0.3) is 0 Å². The Hall–Kier alpha value is -0.890. The highest BCUT2D eigenvalue weighted by molar-refractivity contribution is 5.12. The fraction of sp³-hybridized carbons (Fsp3) is 0.643. The molecule has 2 nitrogen and oxygen atoms in total. The minimum Gasteiger partial charge on any atom is -0.330 e. The molecule has 1 aromatic rings. The van der Waals surface area contributed by atoms with Crippen molar-refractivity contribution < 1.29 is 0 Å². The summed E-state index contributed by atoms with van der Waals surface area (Å²) in [5.41, 5.74) is 7.14. The molecule has 1 aliphatic rings. The summed E-state index contributed by atoms with van der Waals surface area (Å²) in [6, 6.07) is 6.17. The molecule has 0 bridgehead atoms. The summed E-state index contributed by atoms with van der Waals surface area (Å²) in [6.07, 6.45) is 7.30. The predicted molar refractivity (Wildman–Crippen MR) is 67.2 cm³/mol. The van der Waals surface area contributed by atoms with Crippen molar-refractivity contribution in [3.8, 4) is 0 Å². The number of nitrogens with zero attached hydrogens (tertiary/aromatic N) is 1. The summed E-state index contributed by atoms with van der Waals surface area (Å²) < 4.78 is 0. The lowest BCUT2D eigenvalue weighted by Gasteiger charge is -2.34. The fourth-order valence-electron chi connectivity index (χ4n) is 3.05. The maximum Gasteiger partial charge on any atom is 0.0449 e. The summed E-state index contributed by atoms with van der Waals surface area (Å²) in [5.74, 6) is 1.98. The molecule has 0 aliphatic heterocycles. The van der Waals surface area contributed by atoms with Crippen LogP contribution in [0.2, 0.25) is 0 Å². The van der Waals surface area contributed by atoms with Crippen molar-refractivity contribution in [1.82, 2.24) is 4.98 Å². The van der Waals surface area contributed by atoms with Crippen LogP contribution in [0.3, 0.4) is 0 Å². The third-order valence-electron chi connectivity index (χ3n) is 4.02. The first-order valence-electron chi connectivity index (χ1n) is 6.44. The van der Waals surface area contributed by atoms with Crippen molar-refractivity contribution in [2.75, 3.05) is 6.54 Å². The lowest BCUT2D eigenvalue weighted by atomic mass is 9.72. The van der Waals surface area contributed by atoms with Gasteiger partial charge in [0.1, 0.15) is 0 Å². The van der Waals surface area contributed by atoms with Crippen LogP contribution in [-0.4, -0.2) is 11.5 Å². The van der Waals surface area contributed by atoms with Crippen LogP contribution in [0.5, 0.6) is 0 Å². The van der Waals surface area contributed by atoms with Crippen LogP contribution in [0.4, 0.5) is 0 Å². The molecule has 16 heavy (non-hydrogen) atoms. The second kappa shape index (κ2) is 5.44. The van der Waals surface area contributed by atoms with E-state index in [-0.39, 0.29) is 0 Å². The average molecular weight is 218 g/mol. The van der Waals surface area contributed by atoms with Crippen molar-refractivity contribution in [2.24, 2.45) is 17.6 Å². The van der Waals surface area contributed by atoms with Gasteiger partial charge in [-0.3, -0.25) is 4.98 Å². The van der Waals surface area contributed by atoms with Crippen LogP contribution in [0.15, 0.2) is 24.4 Å². The largest absolute Gasteiger partial charge is 0.330 e. The molecule has 0 radical (unpaired) electrons. The van der Waals surface area contributed by atoms with Crippen molar-refractivity contribution in [2.45, 2.75) is 38.5 Å². The van der Waals surface area contributed by atoms with E-state index in [1.807, 2.05) is 12.3 Å². The molecule has 1 saturated carbocycles. The Bertz CT molecular complexity index is 310. The molecule has 1 aromatic heterocycles. The number of rotatable bonds is 3. The quantitative estimate of drug-likeness (QED) is 0.847. The number of aromatic nitrogens is 1. The third kappa shape index (κ3) is 2.43. The molecule has 2 N–H and O–H groups in total. The maximum atomic E-state index is 5.96. The first-order valence-corrected chi connectivity index (χ1v) is 6.44. The Morgan fingerprint density at radius 2 is 2.19 bits per heavy atom. The van der Waals surface area contributed by atoms with Crippen LogP contribution in [0.1, 0.15) is 44.2 Å². The molecule has 2 heteroatoms. The highest BCUT2D eigenvalue weighted by Crippen LogP contribution is 2.38.